The molecule has 0 spiro atoms. The summed E-state index contributed by atoms with van der Waals surface area (Å²) in [6.07, 6.45) is -0.413. The highest BCUT2D eigenvalue weighted by molar-refractivity contribution is 5.45. The molecule has 0 heterocycles. The Balaban J connectivity index is 2.57. The summed E-state index contributed by atoms with van der Waals surface area (Å²) in [6, 6.07) is 6.61. The van der Waals surface area contributed by atoms with Gasteiger partial charge in [0.25, 0.3) is 0 Å². The predicted molar refractivity (Wildman–Crippen MR) is 77.0 cm³/mol. The summed E-state index contributed by atoms with van der Waals surface area (Å²) in [5.41, 5.74) is -0.0286. The van der Waals surface area contributed by atoms with E-state index in [1.54, 1.807) is 25.1 Å². The topological polar surface area (TPSA) is 75.8 Å². The molecule has 1 aromatic carbocycles. The number of rotatable bonds is 8. The summed E-state index contributed by atoms with van der Waals surface area (Å²) < 4.78 is 5.50. The van der Waals surface area contributed by atoms with Gasteiger partial charge in [0.05, 0.1) is 11.0 Å². The number of aliphatic hydroxyl groups excluding tert-OH is 1. The number of para-hydroxylation sites is 2. The molecule has 0 bridgehead atoms. The number of ether oxygens (including phenoxy) is 1. The van der Waals surface area contributed by atoms with Crippen LogP contribution < -0.4 is 4.74 Å². The molecule has 1 unspecified atom stereocenters. The number of hydrogen-bond acceptors (Lipinski definition) is 5. The Hall–Kier alpha value is -1.66. The van der Waals surface area contributed by atoms with E-state index in [0.717, 1.165) is 0 Å². The molecular formula is C14H22N2O4. The standard InChI is InChI=1S/C14H22N2O4/c1-11(2)15(10-12(3)17)8-9-20-14-7-5-4-6-13(14)16(18)19/h4-7,11-12,17H,8-10H2,1-3H3. The number of hydrogen-bond donors (Lipinski definition) is 1. The lowest BCUT2D eigenvalue weighted by molar-refractivity contribution is -0.385. The van der Waals surface area contributed by atoms with Crippen molar-refractivity contribution in [1.82, 2.24) is 4.90 Å². The first kappa shape index (κ1) is 16.4. The highest BCUT2D eigenvalue weighted by Gasteiger charge is 2.15. The van der Waals surface area contributed by atoms with Crippen LogP contribution in [-0.2, 0) is 0 Å². The second-order valence-corrected chi connectivity index (χ2v) is 5.01. The van der Waals surface area contributed by atoms with Crippen molar-refractivity contribution in [3.8, 4) is 5.75 Å². The van der Waals surface area contributed by atoms with E-state index in [-0.39, 0.29) is 17.5 Å². The molecular weight excluding hydrogens is 260 g/mol. The van der Waals surface area contributed by atoms with Gasteiger partial charge in [0, 0.05) is 25.2 Å². The van der Waals surface area contributed by atoms with Crippen molar-refractivity contribution in [1.29, 1.82) is 0 Å². The van der Waals surface area contributed by atoms with Crippen molar-refractivity contribution in [2.45, 2.75) is 32.9 Å². The molecule has 0 saturated carbocycles. The van der Waals surface area contributed by atoms with Crippen LogP contribution in [0.1, 0.15) is 20.8 Å². The van der Waals surface area contributed by atoms with Gasteiger partial charge in [-0.2, -0.15) is 0 Å². The summed E-state index contributed by atoms with van der Waals surface area (Å²) in [4.78, 5) is 12.5. The van der Waals surface area contributed by atoms with Crippen molar-refractivity contribution < 1.29 is 14.8 Å². The highest BCUT2D eigenvalue weighted by atomic mass is 16.6. The van der Waals surface area contributed by atoms with Gasteiger partial charge in [-0.05, 0) is 26.8 Å². The van der Waals surface area contributed by atoms with E-state index in [4.69, 9.17) is 4.74 Å². The fourth-order valence-electron chi connectivity index (χ4n) is 1.90. The van der Waals surface area contributed by atoms with Crippen LogP contribution in [0.15, 0.2) is 24.3 Å². The fourth-order valence-corrected chi connectivity index (χ4v) is 1.90. The third-order valence-electron chi connectivity index (χ3n) is 2.93. The van der Waals surface area contributed by atoms with E-state index in [0.29, 0.717) is 19.7 Å². The third kappa shape index (κ3) is 5.14. The quantitative estimate of drug-likeness (QED) is 0.583. The van der Waals surface area contributed by atoms with Gasteiger partial charge in [0.15, 0.2) is 5.75 Å². The van der Waals surface area contributed by atoms with Gasteiger partial charge >= 0.3 is 5.69 Å². The molecule has 112 valence electrons. The molecule has 0 aliphatic rings. The number of nitro groups is 1. The zero-order chi connectivity index (χ0) is 15.1. The summed E-state index contributed by atoms with van der Waals surface area (Å²) in [7, 11) is 0. The molecule has 0 aromatic heterocycles. The largest absolute Gasteiger partial charge is 0.485 e. The zero-order valence-corrected chi connectivity index (χ0v) is 12.2. The highest BCUT2D eigenvalue weighted by Crippen LogP contribution is 2.25. The smallest absolute Gasteiger partial charge is 0.310 e. The van der Waals surface area contributed by atoms with Crippen LogP contribution in [0.3, 0.4) is 0 Å². The van der Waals surface area contributed by atoms with Crippen LogP contribution in [0, 0.1) is 10.1 Å². The van der Waals surface area contributed by atoms with Crippen LogP contribution >= 0.6 is 0 Å². The van der Waals surface area contributed by atoms with Crippen molar-refractivity contribution in [3.63, 3.8) is 0 Å². The van der Waals surface area contributed by atoms with E-state index in [2.05, 4.69) is 4.90 Å². The number of benzene rings is 1. The van der Waals surface area contributed by atoms with Crippen molar-refractivity contribution in [2.75, 3.05) is 19.7 Å². The Morgan fingerprint density at radius 3 is 2.55 bits per heavy atom. The Morgan fingerprint density at radius 1 is 1.35 bits per heavy atom. The second-order valence-electron chi connectivity index (χ2n) is 5.01. The maximum absolute atomic E-state index is 10.9. The maximum Gasteiger partial charge on any atom is 0.310 e. The lowest BCUT2D eigenvalue weighted by Gasteiger charge is -2.27. The van der Waals surface area contributed by atoms with Crippen molar-refractivity contribution in [2.24, 2.45) is 0 Å². The SMILES string of the molecule is CC(O)CN(CCOc1ccccc1[N+](=O)[O-])C(C)C. The van der Waals surface area contributed by atoms with E-state index in [9.17, 15) is 15.2 Å². The molecule has 0 fully saturated rings. The van der Waals surface area contributed by atoms with Crippen LogP contribution in [0.2, 0.25) is 0 Å². The van der Waals surface area contributed by atoms with Crippen LogP contribution in [0.25, 0.3) is 0 Å². The van der Waals surface area contributed by atoms with Crippen LogP contribution in [-0.4, -0.2) is 46.8 Å². The lowest BCUT2D eigenvalue weighted by atomic mass is 10.2. The molecule has 1 N–H and O–H groups in total. The molecule has 0 aliphatic heterocycles. The second kappa shape index (κ2) is 7.81. The molecule has 0 radical (unpaired) electrons. The molecule has 0 saturated heterocycles. The summed E-state index contributed by atoms with van der Waals surface area (Å²) in [5, 5.41) is 20.3. The maximum atomic E-state index is 10.9. The van der Waals surface area contributed by atoms with E-state index in [1.165, 1.54) is 6.07 Å². The van der Waals surface area contributed by atoms with Gasteiger partial charge in [0.1, 0.15) is 6.61 Å². The average Bonchev–Trinajstić information content (AvgIpc) is 2.37. The predicted octanol–water partition coefficient (Wildman–Crippen LogP) is 2.06. The minimum Gasteiger partial charge on any atom is -0.485 e. The van der Waals surface area contributed by atoms with Gasteiger partial charge in [0.2, 0.25) is 0 Å². The van der Waals surface area contributed by atoms with Gasteiger partial charge in [-0.3, -0.25) is 15.0 Å². The number of aliphatic hydroxyl groups is 1. The first-order valence-electron chi connectivity index (χ1n) is 6.70. The van der Waals surface area contributed by atoms with Gasteiger partial charge in [-0.1, -0.05) is 12.1 Å². The molecule has 1 aromatic rings. The van der Waals surface area contributed by atoms with E-state index < -0.39 is 11.0 Å². The molecule has 6 nitrogen and oxygen atoms in total. The number of nitro benzene ring substituents is 1. The fraction of sp³-hybridized carbons (Fsp3) is 0.571. The summed E-state index contributed by atoms with van der Waals surface area (Å²) >= 11 is 0. The van der Waals surface area contributed by atoms with Gasteiger partial charge in [-0.25, -0.2) is 0 Å². The van der Waals surface area contributed by atoms with Crippen LogP contribution in [0.5, 0.6) is 5.75 Å². The lowest BCUT2D eigenvalue weighted by Crippen LogP contribution is -2.39. The van der Waals surface area contributed by atoms with E-state index in [1.807, 2.05) is 13.8 Å². The minimum absolute atomic E-state index is 0.0286. The molecule has 20 heavy (non-hydrogen) atoms. The Kier molecular flexibility index (Phi) is 6.41. The van der Waals surface area contributed by atoms with Crippen molar-refractivity contribution >= 4 is 5.69 Å². The molecule has 0 aliphatic carbocycles. The minimum atomic E-state index is -0.453. The monoisotopic (exact) mass is 282 g/mol. The van der Waals surface area contributed by atoms with E-state index >= 15 is 0 Å². The normalized spacial score (nSPS) is 12.7. The van der Waals surface area contributed by atoms with Gasteiger partial charge in [-0.15, -0.1) is 0 Å². The third-order valence-corrected chi connectivity index (χ3v) is 2.93. The Labute approximate surface area is 119 Å². The summed E-state index contributed by atoms with van der Waals surface area (Å²) in [5.74, 6) is 0.276. The first-order chi connectivity index (χ1) is 9.41. The zero-order valence-electron chi connectivity index (χ0n) is 12.2. The average molecular weight is 282 g/mol. The molecule has 6 heteroatoms. The summed E-state index contributed by atoms with van der Waals surface area (Å²) in [6.45, 7) is 7.31. The van der Waals surface area contributed by atoms with Gasteiger partial charge < -0.3 is 9.84 Å². The molecule has 0 amide bonds. The molecule has 1 rings (SSSR count). The molecule has 1 atom stereocenters. The Morgan fingerprint density at radius 2 is 2.00 bits per heavy atom. The van der Waals surface area contributed by atoms with Crippen molar-refractivity contribution in [3.05, 3.63) is 34.4 Å². The number of nitrogens with zero attached hydrogens (tertiary/aromatic N) is 2. The van der Waals surface area contributed by atoms with Crippen LogP contribution in [0.4, 0.5) is 5.69 Å². The first-order valence-corrected chi connectivity index (χ1v) is 6.70. The Bertz CT molecular complexity index is 435.